The van der Waals surface area contributed by atoms with Crippen molar-refractivity contribution in [2.75, 3.05) is 13.7 Å². The first-order valence-corrected chi connectivity index (χ1v) is 6.70. The van der Waals surface area contributed by atoms with Crippen molar-refractivity contribution in [3.05, 3.63) is 47.8 Å². The zero-order chi connectivity index (χ0) is 15.2. The van der Waals surface area contributed by atoms with Crippen LogP contribution in [-0.4, -0.2) is 24.7 Å². The third-order valence-corrected chi connectivity index (χ3v) is 3.06. The van der Waals surface area contributed by atoms with E-state index in [2.05, 4.69) is 4.98 Å². The third kappa shape index (κ3) is 3.20. The maximum Gasteiger partial charge on any atom is 0.340 e. The van der Waals surface area contributed by atoms with Crippen molar-refractivity contribution in [3.63, 3.8) is 0 Å². The fraction of sp³-hybridized carbons (Fsp3) is 0.250. The van der Waals surface area contributed by atoms with Crippen molar-refractivity contribution in [1.82, 2.24) is 4.98 Å². The summed E-state index contributed by atoms with van der Waals surface area (Å²) in [5.74, 6) is 0.270. The normalized spacial score (nSPS) is 10.2. The lowest BCUT2D eigenvalue weighted by atomic mass is 9.99. The highest BCUT2D eigenvalue weighted by Gasteiger charge is 2.17. The standard InChI is InChI=1S/C16H18N2O3/c1-3-21-16(19)14-10-18-11(9-17)8-13(14)12-6-4-5-7-15(12)20-2/h4-8,10H,3,9,17H2,1-2H3. The van der Waals surface area contributed by atoms with Crippen LogP contribution < -0.4 is 10.5 Å². The Hall–Kier alpha value is -2.40. The molecule has 0 atom stereocenters. The predicted molar refractivity (Wildman–Crippen MR) is 80.1 cm³/mol. The van der Waals surface area contributed by atoms with Gasteiger partial charge in [0.1, 0.15) is 5.75 Å². The van der Waals surface area contributed by atoms with Gasteiger partial charge in [-0.05, 0) is 19.1 Å². The molecule has 1 heterocycles. The van der Waals surface area contributed by atoms with E-state index in [1.807, 2.05) is 24.3 Å². The van der Waals surface area contributed by atoms with Gasteiger partial charge in [-0.15, -0.1) is 0 Å². The molecule has 2 rings (SSSR count). The van der Waals surface area contributed by atoms with E-state index in [0.717, 1.165) is 5.56 Å². The molecule has 2 N–H and O–H groups in total. The Morgan fingerprint density at radius 1 is 1.29 bits per heavy atom. The van der Waals surface area contributed by atoms with Gasteiger partial charge in [0.05, 0.1) is 25.0 Å². The number of para-hydroxylation sites is 1. The molecule has 5 nitrogen and oxygen atoms in total. The number of hydrogen-bond acceptors (Lipinski definition) is 5. The van der Waals surface area contributed by atoms with Crippen LogP contribution in [0, 0.1) is 0 Å². The van der Waals surface area contributed by atoms with Gasteiger partial charge < -0.3 is 15.2 Å². The topological polar surface area (TPSA) is 74.4 Å². The molecule has 0 saturated carbocycles. The average molecular weight is 286 g/mol. The monoisotopic (exact) mass is 286 g/mol. The summed E-state index contributed by atoms with van der Waals surface area (Å²) in [5.41, 5.74) is 8.26. The van der Waals surface area contributed by atoms with E-state index in [-0.39, 0.29) is 0 Å². The van der Waals surface area contributed by atoms with E-state index in [4.69, 9.17) is 15.2 Å². The van der Waals surface area contributed by atoms with Crippen LogP contribution in [0.1, 0.15) is 23.0 Å². The molecule has 0 aliphatic heterocycles. The van der Waals surface area contributed by atoms with Crippen molar-refractivity contribution < 1.29 is 14.3 Å². The summed E-state index contributed by atoms with van der Waals surface area (Å²) in [6.07, 6.45) is 1.50. The zero-order valence-corrected chi connectivity index (χ0v) is 12.1. The molecule has 2 aromatic rings. The van der Waals surface area contributed by atoms with E-state index in [0.29, 0.717) is 35.7 Å². The van der Waals surface area contributed by atoms with Crippen molar-refractivity contribution >= 4 is 5.97 Å². The van der Waals surface area contributed by atoms with Crippen LogP contribution in [0.4, 0.5) is 0 Å². The molecule has 110 valence electrons. The number of esters is 1. The second-order valence-corrected chi connectivity index (χ2v) is 4.35. The Bertz CT molecular complexity index is 641. The van der Waals surface area contributed by atoms with Crippen LogP contribution in [0.5, 0.6) is 5.75 Å². The average Bonchev–Trinajstić information content (AvgIpc) is 2.54. The second kappa shape index (κ2) is 6.85. The molecular weight excluding hydrogens is 268 g/mol. The highest BCUT2D eigenvalue weighted by Crippen LogP contribution is 2.32. The SMILES string of the molecule is CCOC(=O)c1cnc(CN)cc1-c1ccccc1OC. The van der Waals surface area contributed by atoms with Crippen LogP contribution in [0.25, 0.3) is 11.1 Å². The first-order valence-electron chi connectivity index (χ1n) is 6.70. The Morgan fingerprint density at radius 2 is 2.05 bits per heavy atom. The van der Waals surface area contributed by atoms with Crippen molar-refractivity contribution in [2.45, 2.75) is 13.5 Å². The molecule has 0 bridgehead atoms. The van der Waals surface area contributed by atoms with Crippen LogP contribution in [0.3, 0.4) is 0 Å². The number of nitrogens with two attached hydrogens (primary N) is 1. The summed E-state index contributed by atoms with van der Waals surface area (Å²) in [7, 11) is 1.59. The van der Waals surface area contributed by atoms with E-state index in [1.54, 1.807) is 20.1 Å². The highest BCUT2D eigenvalue weighted by molar-refractivity contribution is 5.97. The summed E-state index contributed by atoms with van der Waals surface area (Å²) in [6, 6.07) is 9.28. The zero-order valence-electron chi connectivity index (χ0n) is 12.1. The van der Waals surface area contributed by atoms with Gasteiger partial charge in [0.15, 0.2) is 0 Å². The first kappa shape index (κ1) is 15.0. The summed E-state index contributed by atoms with van der Waals surface area (Å²) in [4.78, 5) is 16.3. The number of benzene rings is 1. The number of methoxy groups -OCH3 is 1. The minimum Gasteiger partial charge on any atom is -0.496 e. The highest BCUT2D eigenvalue weighted by atomic mass is 16.5. The van der Waals surface area contributed by atoms with E-state index in [9.17, 15) is 4.79 Å². The first-order chi connectivity index (χ1) is 10.2. The molecule has 5 heteroatoms. The van der Waals surface area contributed by atoms with Gasteiger partial charge in [-0.25, -0.2) is 4.79 Å². The predicted octanol–water partition coefficient (Wildman–Crippen LogP) is 2.39. The maximum atomic E-state index is 12.1. The lowest BCUT2D eigenvalue weighted by Crippen LogP contribution is -2.09. The molecule has 1 aromatic carbocycles. The molecular formula is C16H18N2O3. The fourth-order valence-electron chi connectivity index (χ4n) is 2.07. The van der Waals surface area contributed by atoms with Crippen LogP contribution in [0.2, 0.25) is 0 Å². The van der Waals surface area contributed by atoms with Gasteiger partial charge in [0.2, 0.25) is 0 Å². The number of carbonyl (C=O) groups excluding carboxylic acids is 1. The van der Waals surface area contributed by atoms with E-state index in [1.165, 1.54) is 6.20 Å². The molecule has 1 aromatic heterocycles. The number of rotatable bonds is 5. The van der Waals surface area contributed by atoms with Gasteiger partial charge in [0.25, 0.3) is 0 Å². The maximum absolute atomic E-state index is 12.1. The molecule has 0 fully saturated rings. The number of nitrogens with zero attached hydrogens (tertiary/aromatic N) is 1. The Labute approximate surface area is 123 Å². The van der Waals surface area contributed by atoms with Gasteiger partial charge in [-0.2, -0.15) is 0 Å². The fourth-order valence-corrected chi connectivity index (χ4v) is 2.07. The molecule has 0 radical (unpaired) electrons. The molecule has 0 aliphatic carbocycles. The van der Waals surface area contributed by atoms with E-state index < -0.39 is 5.97 Å². The lowest BCUT2D eigenvalue weighted by Gasteiger charge is -2.13. The number of ether oxygens (including phenoxy) is 2. The van der Waals surface area contributed by atoms with E-state index >= 15 is 0 Å². The minimum absolute atomic E-state index is 0.297. The molecule has 0 aliphatic rings. The summed E-state index contributed by atoms with van der Waals surface area (Å²) in [5, 5.41) is 0. The largest absolute Gasteiger partial charge is 0.496 e. The van der Waals surface area contributed by atoms with Crippen LogP contribution in [-0.2, 0) is 11.3 Å². The summed E-state index contributed by atoms with van der Waals surface area (Å²) in [6.45, 7) is 2.37. The van der Waals surface area contributed by atoms with Crippen molar-refractivity contribution in [3.8, 4) is 16.9 Å². The van der Waals surface area contributed by atoms with Gasteiger partial charge in [0, 0.05) is 23.9 Å². The third-order valence-electron chi connectivity index (χ3n) is 3.06. The van der Waals surface area contributed by atoms with Crippen LogP contribution >= 0.6 is 0 Å². The van der Waals surface area contributed by atoms with Gasteiger partial charge in [-0.3, -0.25) is 4.98 Å². The van der Waals surface area contributed by atoms with Crippen LogP contribution in [0.15, 0.2) is 36.5 Å². The quantitative estimate of drug-likeness (QED) is 0.854. The Balaban J connectivity index is 2.61. The summed E-state index contributed by atoms with van der Waals surface area (Å²) < 4.78 is 10.5. The molecule has 21 heavy (non-hydrogen) atoms. The number of pyridine rings is 1. The molecule has 0 saturated heterocycles. The lowest BCUT2D eigenvalue weighted by molar-refractivity contribution is 0.0527. The smallest absolute Gasteiger partial charge is 0.340 e. The Kier molecular flexibility index (Phi) is 4.90. The van der Waals surface area contributed by atoms with Crippen molar-refractivity contribution in [2.24, 2.45) is 5.73 Å². The van der Waals surface area contributed by atoms with Gasteiger partial charge >= 0.3 is 5.97 Å². The molecule has 0 unspecified atom stereocenters. The minimum atomic E-state index is -0.408. The molecule has 0 amide bonds. The molecule has 0 spiro atoms. The number of carbonyl (C=O) groups is 1. The Morgan fingerprint density at radius 3 is 2.71 bits per heavy atom. The number of aromatic nitrogens is 1. The summed E-state index contributed by atoms with van der Waals surface area (Å²) >= 11 is 0. The van der Waals surface area contributed by atoms with Crippen molar-refractivity contribution in [1.29, 1.82) is 0 Å². The number of hydrogen-bond donors (Lipinski definition) is 1. The van der Waals surface area contributed by atoms with Gasteiger partial charge in [-0.1, -0.05) is 18.2 Å². The second-order valence-electron chi connectivity index (χ2n) is 4.35.